The number of hydrogen-bond donors (Lipinski definition) is 1. The Labute approximate surface area is 47.3 Å². The molecule has 48 valence electrons. The quantitative estimate of drug-likeness (QED) is 0.532. The van der Waals surface area contributed by atoms with E-state index in [0.717, 1.165) is 0 Å². The highest BCUT2D eigenvalue weighted by molar-refractivity contribution is 4.81. The van der Waals surface area contributed by atoms with E-state index in [4.69, 9.17) is 9.84 Å². The van der Waals surface area contributed by atoms with Crippen molar-refractivity contribution in [1.29, 1.82) is 0 Å². The fraction of sp³-hybridized carbons (Fsp3) is 1.00. The summed E-state index contributed by atoms with van der Waals surface area (Å²) in [4.78, 5) is 0. The standard InChI is InChI=1S/C5H9FO2/c6-5(3-7)1-2-8-4-5/h7H,1-4H2/t5-/m1/s1. The topological polar surface area (TPSA) is 29.5 Å². The van der Waals surface area contributed by atoms with Gasteiger partial charge in [0.25, 0.3) is 0 Å². The maximum atomic E-state index is 12.7. The molecule has 1 N–H and O–H groups in total. The minimum atomic E-state index is -1.43. The summed E-state index contributed by atoms with van der Waals surface area (Å²) in [7, 11) is 0. The average molecular weight is 120 g/mol. The molecule has 1 heterocycles. The van der Waals surface area contributed by atoms with Crippen molar-refractivity contribution in [1.82, 2.24) is 0 Å². The molecule has 0 saturated carbocycles. The zero-order valence-electron chi connectivity index (χ0n) is 4.56. The van der Waals surface area contributed by atoms with Gasteiger partial charge in [0.2, 0.25) is 0 Å². The first-order valence-corrected chi connectivity index (χ1v) is 2.64. The second-order valence-corrected chi connectivity index (χ2v) is 2.11. The molecule has 3 heteroatoms. The number of rotatable bonds is 1. The first kappa shape index (κ1) is 5.98. The van der Waals surface area contributed by atoms with Gasteiger partial charge in [-0.2, -0.15) is 0 Å². The number of halogens is 1. The van der Waals surface area contributed by atoms with Crippen molar-refractivity contribution in [3.63, 3.8) is 0 Å². The van der Waals surface area contributed by atoms with Crippen LogP contribution in [-0.2, 0) is 4.74 Å². The molecule has 0 amide bonds. The van der Waals surface area contributed by atoms with Gasteiger partial charge in [0.05, 0.1) is 13.2 Å². The third kappa shape index (κ3) is 0.980. The van der Waals surface area contributed by atoms with Crippen LogP contribution in [0.2, 0.25) is 0 Å². The highest BCUT2D eigenvalue weighted by Crippen LogP contribution is 2.21. The summed E-state index contributed by atoms with van der Waals surface area (Å²) in [5, 5.41) is 8.37. The van der Waals surface area contributed by atoms with Gasteiger partial charge in [0.15, 0.2) is 5.67 Å². The van der Waals surface area contributed by atoms with Crippen LogP contribution in [0.15, 0.2) is 0 Å². The first-order valence-electron chi connectivity index (χ1n) is 2.64. The van der Waals surface area contributed by atoms with Crippen molar-refractivity contribution < 1.29 is 14.2 Å². The number of aliphatic hydroxyl groups excluding tert-OH is 1. The van der Waals surface area contributed by atoms with E-state index >= 15 is 0 Å². The molecular weight excluding hydrogens is 111 g/mol. The molecule has 0 aromatic carbocycles. The summed E-state index contributed by atoms with van der Waals surface area (Å²) in [5.41, 5.74) is -1.43. The molecule has 1 aliphatic rings. The van der Waals surface area contributed by atoms with Gasteiger partial charge in [-0.15, -0.1) is 0 Å². The summed E-state index contributed by atoms with van der Waals surface area (Å²) >= 11 is 0. The molecule has 0 bridgehead atoms. The fourth-order valence-electron chi connectivity index (χ4n) is 0.707. The van der Waals surface area contributed by atoms with Crippen LogP contribution >= 0.6 is 0 Å². The maximum Gasteiger partial charge on any atom is 0.159 e. The smallest absolute Gasteiger partial charge is 0.159 e. The van der Waals surface area contributed by atoms with Crippen molar-refractivity contribution in [3.8, 4) is 0 Å². The predicted molar refractivity (Wildman–Crippen MR) is 26.4 cm³/mol. The summed E-state index contributed by atoms with van der Waals surface area (Å²) in [6, 6.07) is 0. The summed E-state index contributed by atoms with van der Waals surface area (Å²) < 4.78 is 17.4. The SMILES string of the molecule is OC[C@]1(F)CCOC1. The van der Waals surface area contributed by atoms with E-state index in [9.17, 15) is 4.39 Å². The van der Waals surface area contributed by atoms with Gasteiger partial charge in [0.1, 0.15) is 0 Å². The van der Waals surface area contributed by atoms with Crippen molar-refractivity contribution in [2.45, 2.75) is 12.1 Å². The van der Waals surface area contributed by atoms with Crippen molar-refractivity contribution in [2.24, 2.45) is 0 Å². The Balaban J connectivity index is 2.40. The number of hydrogen-bond acceptors (Lipinski definition) is 2. The largest absolute Gasteiger partial charge is 0.393 e. The lowest BCUT2D eigenvalue weighted by atomic mass is 10.1. The summed E-state index contributed by atoms with van der Waals surface area (Å²) in [6.07, 6.45) is 0.337. The molecular formula is C5H9FO2. The molecule has 1 saturated heterocycles. The Morgan fingerprint density at radius 2 is 2.50 bits per heavy atom. The van der Waals surface area contributed by atoms with Crippen LogP contribution in [0.3, 0.4) is 0 Å². The van der Waals surface area contributed by atoms with Crippen LogP contribution in [0.4, 0.5) is 4.39 Å². The van der Waals surface area contributed by atoms with Gasteiger partial charge in [-0.05, 0) is 0 Å². The molecule has 0 unspecified atom stereocenters. The second kappa shape index (κ2) is 1.99. The Morgan fingerprint density at radius 1 is 1.75 bits per heavy atom. The number of aliphatic hydroxyl groups is 1. The minimum absolute atomic E-state index is 0.0590. The average Bonchev–Trinajstić information content (AvgIpc) is 2.17. The molecule has 0 aromatic heterocycles. The molecule has 0 radical (unpaired) electrons. The van der Waals surface area contributed by atoms with Gasteiger partial charge in [-0.25, -0.2) is 4.39 Å². The van der Waals surface area contributed by atoms with E-state index in [2.05, 4.69) is 0 Å². The summed E-state index contributed by atoms with van der Waals surface area (Å²) in [5.74, 6) is 0. The van der Waals surface area contributed by atoms with Crippen LogP contribution in [0.5, 0.6) is 0 Å². The molecule has 8 heavy (non-hydrogen) atoms. The third-order valence-corrected chi connectivity index (χ3v) is 1.34. The normalized spacial score (nSPS) is 38.2. The Kier molecular flexibility index (Phi) is 1.49. The van der Waals surface area contributed by atoms with Gasteiger partial charge in [-0.3, -0.25) is 0 Å². The van der Waals surface area contributed by atoms with Crippen LogP contribution < -0.4 is 0 Å². The highest BCUT2D eigenvalue weighted by atomic mass is 19.1. The van der Waals surface area contributed by atoms with Crippen molar-refractivity contribution >= 4 is 0 Å². The van der Waals surface area contributed by atoms with Gasteiger partial charge in [-0.1, -0.05) is 0 Å². The van der Waals surface area contributed by atoms with Crippen molar-refractivity contribution in [2.75, 3.05) is 19.8 Å². The highest BCUT2D eigenvalue weighted by Gasteiger charge is 2.33. The fourth-order valence-corrected chi connectivity index (χ4v) is 0.707. The Bertz CT molecular complexity index is 78.5. The first-order chi connectivity index (χ1) is 3.77. The van der Waals surface area contributed by atoms with E-state index in [1.807, 2.05) is 0 Å². The maximum absolute atomic E-state index is 12.7. The lowest BCUT2D eigenvalue weighted by molar-refractivity contribution is 0.0542. The lowest BCUT2D eigenvalue weighted by Crippen LogP contribution is -2.27. The van der Waals surface area contributed by atoms with Crippen molar-refractivity contribution in [3.05, 3.63) is 0 Å². The molecule has 0 aliphatic carbocycles. The molecule has 0 spiro atoms. The Hall–Kier alpha value is -0.150. The van der Waals surface area contributed by atoms with Crippen LogP contribution in [-0.4, -0.2) is 30.6 Å². The van der Waals surface area contributed by atoms with Crippen LogP contribution in [0.1, 0.15) is 6.42 Å². The van der Waals surface area contributed by atoms with Crippen LogP contribution in [0.25, 0.3) is 0 Å². The van der Waals surface area contributed by atoms with Gasteiger partial charge in [0, 0.05) is 13.0 Å². The van der Waals surface area contributed by atoms with Gasteiger partial charge >= 0.3 is 0 Å². The minimum Gasteiger partial charge on any atom is -0.393 e. The monoisotopic (exact) mass is 120 g/mol. The van der Waals surface area contributed by atoms with E-state index in [-0.39, 0.29) is 6.61 Å². The zero-order chi connectivity index (χ0) is 6.04. The number of alkyl halides is 1. The molecule has 1 aliphatic heterocycles. The van der Waals surface area contributed by atoms with E-state index in [1.165, 1.54) is 0 Å². The predicted octanol–water partition coefficient (Wildman–Crippen LogP) is 0.107. The van der Waals surface area contributed by atoms with Crippen LogP contribution in [0, 0.1) is 0 Å². The van der Waals surface area contributed by atoms with E-state index in [0.29, 0.717) is 13.0 Å². The molecule has 0 aromatic rings. The molecule has 1 atom stereocenters. The molecule has 1 fully saturated rings. The summed E-state index contributed by atoms with van der Waals surface area (Å²) in [6.45, 7) is 0.0908. The number of ether oxygens (including phenoxy) is 1. The third-order valence-electron chi connectivity index (χ3n) is 1.34. The van der Waals surface area contributed by atoms with Gasteiger partial charge < -0.3 is 9.84 Å². The van der Waals surface area contributed by atoms with E-state index < -0.39 is 12.3 Å². The van der Waals surface area contributed by atoms with E-state index in [1.54, 1.807) is 0 Å². The zero-order valence-corrected chi connectivity index (χ0v) is 4.56. The molecule has 2 nitrogen and oxygen atoms in total. The Morgan fingerprint density at radius 3 is 2.75 bits per heavy atom. The second-order valence-electron chi connectivity index (χ2n) is 2.11. The lowest BCUT2D eigenvalue weighted by Gasteiger charge is -2.11. The molecule has 1 rings (SSSR count).